The fourth-order valence-electron chi connectivity index (χ4n) is 2.01. The van der Waals surface area contributed by atoms with Crippen molar-refractivity contribution in [2.45, 2.75) is 6.92 Å². The van der Waals surface area contributed by atoms with Crippen molar-refractivity contribution in [2.75, 3.05) is 0 Å². The Morgan fingerprint density at radius 3 is 2.63 bits per heavy atom. The molecule has 0 spiro atoms. The first kappa shape index (κ1) is 12.1. The Hall–Kier alpha value is -1.94. The Labute approximate surface area is 118 Å². The average Bonchev–Trinajstić information content (AvgIpc) is 2.41. The molecule has 3 rings (SSSR count). The number of aryl methyl sites for hydroxylation is 1. The molecule has 0 bridgehead atoms. The first-order valence-electron chi connectivity index (χ1n) is 5.79. The van der Waals surface area contributed by atoms with Gasteiger partial charge in [-0.05, 0) is 52.7 Å². The van der Waals surface area contributed by atoms with E-state index >= 15 is 0 Å². The molecule has 0 fully saturated rings. The molecule has 0 saturated heterocycles. The predicted molar refractivity (Wildman–Crippen MR) is 78.2 cm³/mol. The Balaban J connectivity index is 2.34. The quantitative estimate of drug-likeness (QED) is 0.683. The van der Waals surface area contributed by atoms with Gasteiger partial charge in [-0.15, -0.1) is 0 Å². The number of fused-ring (bicyclic) bond motifs is 1. The van der Waals surface area contributed by atoms with Gasteiger partial charge in [0.2, 0.25) is 0 Å². The van der Waals surface area contributed by atoms with E-state index in [-0.39, 0.29) is 5.43 Å². The van der Waals surface area contributed by atoms with Crippen LogP contribution in [0.25, 0.3) is 22.3 Å². The van der Waals surface area contributed by atoms with E-state index in [4.69, 9.17) is 4.42 Å². The lowest BCUT2D eigenvalue weighted by Crippen LogP contribution is -2.01. The number of hydrogen-bond acceptors (Lipinski definition) is 3. The van der Waals surface area contributed by atoms with Crippen LogP contribution < -0.4 is 5.43 Å². The standard InChI is InChI=1S/C15H10BrNO2/c1-9-6-11-13(18)8-14(10-2-4-17-5-3-10)19-15(11)12(16)7-9/h2-8H,1H3. The molecule has 1 aromatic carbocycles. The molecular formula is C15H10BrNO2. The van der Waals surface area contributed by atoms with Crippen LogP contribution >= 0.6 is 15.9 Å². The summed E-state index contributed by atoms with van der Waals surface area (Å²) < 4.78 is 6.63. The lowest BCUT2D eigenvalue weighted by Gasteiger charge is -2.05. The molecule has 0 aliphatic rings. The van der Waals surface area contributed by atoms with Crippen LogP contribution in [0.15, 0.2) is 56.4 Å². The minimum absolute atomic E-state index is 0.0440. The Morgan fingerprint density at radius 1 is 1.16 bits per heavy atom. The normalized spacial score (nSPS) is 10.8. The van der Waals surface area contributed by atoms with Gasteiger partial charge in [0.1, 0.15) is 5.76 Å². The second-order valence-corrected chi connectivity index (χ2v) is 5.19. The molecule has 0 N–H and O–H groups in total. The highest BCUT2D eigenvalue weighted by Gasteiger charge is 2.10. The summed E-state index contributed by atoms with van der Waals surface area (Å²) in [5.41, 5.74) is 2.38. The molecule has 3 aromatic rings. The first-order valence-corrected chi connectivity index (χ1v) is 6.59. The van der Waals surface area contributed by atoms with E-state index in [2.05, 4.69) is 20.9 Å². The van der Waals surface area contributed by atoms with E-state index < -0.39 is 0 Å². The molecular weight excluding hydrogens is 306 g/mol. The zero-order valence-electron chi connectivity index (χ0n) is 10.2. The van der Waals surface area contributed by atoms with E-state index in [9.17, 15) is 4.79 Å². The van der Waals surface area contributed by atoms with Gasteiger partial charge >= 0.3 is 0 Å². The molecule has 0 atom stereocenters. The summed E-state index contributed by atoms with van der Waals surface area (Å²) in [7, 11) is 0. The van der Waals surface area contributed by atoms with Crippen molar-refractivity contribution >= 4 is 26.9 Å². The Bertz CT molecular complexity index is 809. The van der Waals surface area contributed by atoms with Crippen molar-refractivity contribution in [2.24, 2.45) is 0 Å². The van der Waals surface area contributed by atoms with Crippen LogP contribution in [0.4, 0.5) is 0 Å². The minimum atomic E-state index is -0.0440. The van der Waals surface area contributed by atoms with E-state index in [1.807, 2.05) is 31.2 Å². The lowest BCUT2D eigenvalue weighted by atomic mass is 10.1. The van der Waals surface area contributed by atoms with Gasteiger partial charge in [-0.3, -0.25) is 9.78 Å². The largest absolute Gasteiger partial charge is 0.455 e. The van der Waals surface area contributed by atoms with Gasteiger partial charge < -0.3 is 4.42 Å². The smallest absolute Gasteiger partial charge is 0.193 e. The number of rotatable bonds is 1. The second kappa shape index (κ2) is 4.63. The molecule has 0 unspecified atom stereocenters. The summed E-state index contributed by atoms with van der Waals surface area (Å²) >= 11 is 3.44. The van der Waals surface area contributed by atoms with Crippen molar-refractivity contribution in [1.82, 2.24) is 4.98 Å². The summed E-state index contributed by atoms with van der Waals surface area (Å²) in [6.45, 7) is 1.94. The highest BCUT2D eigenvalue weighted by atomic mass is 79.9. The number of hydrogen-bond donors (Lipinski definition) is 0. The monoisotopic (exact) mass is 315 g/mol. The maximum atomic E-state index is 12.2. The predicted octanol–water partition coefficient (Wildman–Crippen LogP) is 3.93. The van der Waals surface area contributed by atoms with Gasteiger partial charge in [-0.1, -0.05) is 0 Å². The van der Waals surface area contributed by atoms with Gasteiger partial charge in [0.05, 0.1) is 9.86 Å². The van der Waals surface area contributed by atoms with Crippen molar-refractivity contribution in [3.63, 3.8) is 0 Å². The highest BCUT2D eigenvalue weighted by molar-refractivity contribution is 9.10. The van der Waals surface area contributed by atoms with Crippen LogP contribution in [0.5, 0.6) is 0 Å². The van der Waals surface area contributed by atoms with Crippen LogP contribution in [-0.2, 0) is 0 Å². The molecule has 3 nitrogen and oxygen atoms in total. The molecule has 2 heterocycles. The number of halogens is 1. The van der Waals surface area contributed by atoms with E-state index in [0.29, 0.717) is 16.7 Å². The molecule has 0 radical (unpaired) electrons. The molecule has 19 heavy (non-hydrogen) atoms. The van der Waals surface area contributed by atoms with Gasteiger partial charge in [-0.25, -0.2) is 0 Å². The second-order valence-electron chi connectivity index (χ2n) is 4.33. The van der Waals surface area contributed by atoms with Crippen molar-refractivity contribution in [3.8, 4) is 11.3 Å². The molecule has 2 aromatic heterocycles. The maximum absolute atomic E-state index is 12.2. The van der Waals surface area contributed by atoms with Crippen LogP contribution in [0.3, 0.4) is 0 Å². The van der Waals surface area contributed by atoms with Crippen LogP contribution in [-0.4, -0.2) is 4.98 Å². The van der Waals surface area contributed by atoms with Crippen LogP contribution in [0, 0.1) is 6.92 Å². The van der Waals surface area contributed by atoms with E-state index in [1.54, 1.807) is 12.4 Å². The average molecular weight is 316 g/mol. The molecule has 94 valence electrons. The minimum Gasteiger partial charge on any atom is -0.455 e. The zero-order chi connectivity index (χ0) is 13.4. The fraction of sp³-hybridized carbons (Fsp3) is 0.0667. The zero-order valence-corrected chi connectivity index (χ0v) is 11.8. The third-order valence-corrected chi connectivity index (χ3v) is 3.48. The van der Waals surface area contributed by atoms with Gasteiger partial charge in [-0.2, -0.15) is 0 Å². The fourth-order valence-corrected chi connectivity index (χ4v) is 2.67. The highest BCUT2D eigenvalue weighted by Crippen LogP contribution is 2.27. The van der Waals surface area contributed by atoms with Gasteiger partial charge in [0.15, 0.2) is 11.0 Å². The first-order chi connectivity index (χ1) is 9.15. The molecule has 4 heteroatoms. The third kappa shape index (κ3) is 2.19. The summed E-state index contributed by atoms with van der Waals surface area (Å²) in [6, 6.07) is 8.91. The summed E-state index contributed by atoms with van der Waals surface area (Å²) in [5, 5.41) is 0.588. The van der Waals surface area contributed by atoms with Gasteiger partial charge in [0.25, 0.3) is 0 Å². The van der Waals surface area contributed by atoms with Crippen LogP contribution in [0.2, 0.25) is 0 Å². The number of nitrogens with zero attached hydrogens (tertiary/aromatic N) is 1. The maximum Gasteiger partial charge on any atom is 0.193 e. The lowest BCUT2D eigenvalue weighted by molar-refractivity contribution is 0.616. The van der Waals surface area contributed by atoms with Crippen molar-refractivity contribution in [1.29, 1.82) is 0 Å². The van der Waals surface area contributed by atoms with Crippen LogP contribution in [0.1, 0.15) is 5.56 Å². The van der Waals surface area contributed by atoms with Crippen molar-refractivity contribution in [3.05, 3.63) is 63.0 Å². The summed E-state index contributed by atoms with van der Waals surface area (Å²) in [5.74, 6) is 0.546. The Morgan fingerprint density at radius 2 is 1.89 bits per heavy atom. The Kier molecular flexibility index (Phi) is 2.95. The third-order valence-electron chi connectivity index (χ3n) is 2.89. The SMILES string of the molecule is Cc1cc(Br)c2oc(-c3ccncc3)cc(=O)c2c1. The summed E-state index contributed by atoms with van der Waals surface area (Å²) in [6.07, 6.45) is 3.34. The van der Waals surface area contributed by atoms with Gasteiger partial charge in [0, 0.05) is 24.0 Å². The molecule has 0 aliphatic carbocycles. The molecule has 0 aliphatic heterocycles. The van der Waals surface area contributed by atoms with E-state index in [1.165, 1.54) is 6.07 Å². The number of aromatic nitrogens is 1. The molecule has 0 saturated carbocycles. The van der Waals surface area contributed by atoms with E-state index in [0.717, 1.165) is 15.6 Å². The summed E-state index contributed by atoms with van der Waals surface area (Å²) in [4.78, 5) is 16.1. The van der Waals surface area contributed by atoms with Crippen molar-refractivity contribution < 1.29 is 4.42 Å². The molecule has 0 amide bonds. The topological polar surface area (TPSA) is 43.1 Å². The number of pyridine rings is 1. The number of benzene rings is 1.